The SMILES string of the molecule is c1cc(C23CC4CC(CC(C4)C2)C3)ccn1. The van der Waals surface area contributed by atoms with Gasteiger partial charge < -0.3 is 0 Å². The van der Waals surface area contributed by atoms with E-state index in [-0.39, 0.29) is 0 Å². The van der Waals surface area contributed by atoms with Gasteiger partial charge in [0.2, 0.25) is 0 Å². The zero-order valence-electron chi connectivity index (χ0n) is 9.73. The predicted molar refractivity (Wildman–Crippen MR) is 64.1 cm³/mol. The molecule has 5 rings (SSSR count). The van der Waals surface area contributed by atoms with E-state index in [1.165, 1.54) is 38.5 Å². The Morgan fingerprint density at radius 1 is 0.875 bits per heavy atom. The summed E-state index contributed by atoms with van der Waals surface area (Å²) >= 11 is 0. The lowest BCUT2D eigenvalue weighted by molar-refractivity contribution is -0.00522. The van der Waals surface area contributed by atoms with Gasteiger partial charge in [-0.05, 0) is 79.4 Å². The predicted octanol–water partition coefficient (Wildman–Crippen LogP) is 3.55. The number of nitrogens with zero attached hydrogens (tertiary/aromatic N) is 1. The van der Waals surface area contributed by atoms with E-state index in [9.17, 15) is 0 Å². The number of aromatic nitrogens is 1. The third-order valence-corrected chi connectivity index (χ3v) is 5.33. The molecular formula is C15H19N. The molecular weight excluding hydrogens is 194 g/mol. The van der Waals surface area contributed by atoms with Gasteiger partial charge in [0.1, 0.15) is 0 Å². The van der Waals surface area contributed by atoms with E-state index in [2.05, 4.69) is 17.1 Å². The Hall–Kier alpha value is -0.850. The summed E-state index contributed by atoms with van der Waals surface area (Å²) < 4.78 is 0. The summed E-state index contributed by atoms with van der Waals surface area (Å²) in [5, 5.41) is 0. The fourth-order valence-electron chi connectivity index (χ4n) is 5.17. The molecule has 0 N–H and O–H groups in total. The topological polar surface area (TPSA) is 12.9 Å². The first-order chi connectivity index (χ1) is 7.84. The highest BCUT2D eigenvalue weighted by Crippen LogP contribution is 2.60. The Kier molecular flexibility index (Phi) is 1.78. The Bertz CT molecular complexity index is 360. The lowest BCUT2D eigenvalue weighted by Gasteiger charge is -2.57. The molecule has 4 aliphatic carbocycles. The minimum atomic E-state index is 0.553. The molecule has 4 fully saturated rings. The molecule has 0 spiro atoms. The smallest absolute Gasteiger partial charge is 0.0270 e. The molecule has 0 aromatic carbocycles. The molecule has 16 heavy (non-hydrogen) atoms. The van der Waals surface area contributed by atoms with E-state index in [0.29, 0.717) is 5.41 Å². The lowest BCUT2D eigenvalue weighted by Crippen LogP contribution is -2.48. The number of hydrogen-bond donors (Lipinski definition) is 0. The van der Waals surface area contributed by atoms with Crippen molar-refractivity contribution in [3.05, 3.63) is 30.1 Å². The number of rotatable bonds is 1. The summed E-state index contributed by atoms with van der Waals surface area (Å²) in [4.78, 5) is 4.17. The first kappa shape index (κ1) is 9.21. The number of hydrogen-bond acceptors (Lipinski definition) is 1. The van der Waals surface area contributed by atoms with Gasteiger partial charge in [-0.2, -0.15) is 0 Å². The maximum Gasteiger partial charge on any atom is 0.0270 e. The Morgan fingerprint density at radius 3 is 1.88 bits per heavy atom. The van der Waals surface area contributed by atoms with E-state index in [1.54, 1.807) is 5.56 Å². The highest BCUT2D eigenvalue weighted by molar-refractivity contribution is 5.27. The van der Waals surface area contributed by atoms with Crippen LogP contribution in [-0.4, -0.2) is 4.98 Å². The van der Waals surface area contributed by atoms with Crippen LogP contribution in [0.1, 0.15) is 44.1 Å². The summed E-state index contributed by atoms with van der Waals surface area (Å²) in [6.45, 7) is 0. The van der Waals surface area contributed by atoms with E-state index in [4.69, 9.17) is 0 Å². The molecule has 0 saturated heterocycles. The summed E-state index contributed by atoms with van der Waals surface area (Å²) in [5.74, 6) is 3.12. The molecule has 0 unspecified atom stereocenters. The molecule has 1 aromatic heterocycles. The minimum Gasteiger partial charge on any atom is -0.265 e. The van der Waals surface area contributed by atoms with Gasteiger partial charge in [0.05, 0.1) is 0 Å². The molecule has 4 saturated carbocycles. The highest BCUT2D eigenvalue weighted by Gasteiger charge is 2.51. The fourth-order valence-corrected chi connectivity index (χ4v) is 5.17. The van der Waals surface area contributed by atoms with Crippen LogP contribution < -0.4 is 0 Å². The monoisotopic (exact) mass is 213 g/mol. The normalized spacial score (nSPS) is 44.9. The van der Waals surface area contributed by atoms with Gasteiger partial charge in [-0.25, -0.2) is 0 Å². The summed E-state index contributed by atoms with van der Waals surface area (Å²) in [5.41, 5.74) is 2.14. The second kappa shape index (κ2) is 3.09. The molecule has 0 atom stereocenters. The van der Waals surface area contributed by atoms with Crippen LogP contribution in [0.2, 0.25) is 0 Å². The zero-order valence-corrected chi connectivity index (χ0v) is 9.73. The molecule has 84 valence electrons. The maximum absolute atomic E-state index is 4.17. The molecule has 4 bridgehead atoms. The third-order valence-electron chi connectivity index (χ3n) is 5.33. The van der Waals surface area contributed by atoms with Crippen molar-refractivity contribution >= 4 is 0 Å². The average Bonchev–Trinajstić information content (AvgIpc) is 2.28. The van der Waals surface area contributed by atoms with Crippen molar-refractivity contribution < 1.29 is 0 Å². The molecule has 0 radical (unpaired) electrons. The summed E-state index contributed by atoms with van der Waals surface area (Å²) in [7, 11) is 0. The van der Waals surface area contributed by atoms with Gasteiger partial charge in [-0.3, -0.25) is 4.98 Å². The molecule has 0 aliphatic heterocycles. The lowest BCUT2D eigenvalue weighted by atomic mass is 9.48. The fraction of sp³-hybridized carbons (Fsp3) is 0.667. The quantitative estimate of drug-likeness (QED) is 0.695. The van der Waals surface area contributed by atoms with Crippen LogP contribution in [-0.2, 0) is 5.41 Å². The van der Waals surface area contributed by atoms with E-state index < -0.39 is 0 Å². The first-order valence-electron chi connectivity index (χ1n) is 6.75. The van der Waals surface area contributed by atoms with Crippen LogP contribution in [0.4, 0.5) is 0 Å². The van der Waals surface area contributed by atoms with Crippen LogP contribution in [0.5, 0.6) is 0 Å². The van der Waals surface area contributed by atoms with Crippen molar-refractivity contribution in [2.75, 3.05) is 0 Å². The van der Waals surface area contributed by atoms with Crippen molar-refractivity contribution in [2.45, 2.75) is 43.9 Å². The second-order valence-corrected chi connectivity index (χ2v) is 6.43. The first-order valence-corrected chi connectivity index (χ1v) is 6.75. The average molecular weight is 213 g/mol. The van der Waals surface area contributed by atoms with Crippen molar-refractivity contribution in [2.24, 2.45) is 17.8 Å². The molecule has 1 heterocycles. The van der Waals surface area contributed by atoms with Crippen LogP contribution in [0.25, 0.3) is 0 Å². The molecule has 1 nitrogen and oxygen atoms in total. The van der Waals surface area contributed by atoms with Crippen LogP contribution in [0.15, 0.2) is 24.5 Å². The van der Waals surface area contributed by atoms with Crippen molar-refractivity contribution in [3.63, 3.8) is 0 Å². The Morgan fingerprint density at radius 2 is 1.38 bits per heavy atom. The Balaban J connectivity index is 1.77. The highest BCUT2D eigenvalue weighted by atomic mass is 14.6. The summed E-state index contributed by atoms with van der Waals surface area (Å²) in [6.07, 6.45) is 12.9. The van der Waals surface area contributed by atoms with Gasteiger partial charge in [-0.15, -0.1) is 0 Å². The summed E-state index contributed by atoms with van der Waals surface area (Å²) in [6, 6.07) is 4.54. The van der Waals surface area contributed by atoms with E-state index in [1.807, 2.05) is 12.4 Å². The van der Waals surface area contributed by atoms with Crippen molar-refractivity contribution in [1.82, 2.24) is 4.98 Å². The molecule has 0 amide bonds. The van der Waals surface area contributed by atoms with Gasteiger partial charge in [0.15, 0.2) is 0 Å². The Labute approximate surface area is 97.3 Å². The van der Waals surface area contributed by atoms with Crippen molar-refractivity contribution in [3.8, 4) is 0 Å². The largest absolute Gasteiger partial charge is 0.265 e. The van der Waals surface area contributed by atoms with Crippen molar-refractivity contribution in [1.29, 1.82) is 0 Å². The molecule has 4 aliphatic rings. The van der Waals surface area contributed by atoms with E-state index in [0.717, 1.165) is 17.8 Å². The third kappa shape index (κ3) is 1.20. The maximum atomic E-state index is 4.17. The standard InChI is InChI=1S/C15H19N/c1-3-16-4-2-14(1)15-8-11-5-12(9-15)7-13(6-11)10-15/h1-4,11-13H,5-10H2. The van der Waals surface area contributed by atoms with Crippen LogP contribution in [0, 0.1) is 17.8 Å². The van der Waals surface area contributed by atoms with Gasteiger partial charge in [0, 0.05) is 12.4 Å². The van der Waals surface area contributed by atoms with E-state index >= 15 is 0 Å². The van der Waals surface area contributed by atoms with Crippen LogP contribution >= 0.6 is 0 Å². The molecule has 1 aromatic rings. The van der Waals surface area contributed by atoms with Gasteiger partial charge in [-0.1, -0.05) is 0 Å². The second-order valence-electron chi connectivity index (χ2n) is 6.43. The minimum absolute atomic E-state index is 0.553. The molecule has 1 heteroatoms. The number of pyridine rings is 1. The van der Waals surface area contributed by atoms with Gasteiger partial charge >= 0.3 is 0 Å². The van der Waals surface area contributed by atoms with Gasteiger partial charge in [0.25, 0.3) is 0 Å². The zero-order chi connectivity index (χ0) is 10.6. The van der Waals surface area contributed by atoms with Crippen LogP contribution in [0.3, 0.4) is 0 Å².